The number of fused-ring (bicyclic) bond motifs is 1. The van der Waals surface area contributed by atoms with Crippen LogP contribution in [0.2, 0.25) is 0 Å². The summed E-state index contributed by atoms with van der Waals surface area (Å²) in [5, 5.41) is 4.66. The molecule has 1 saturated heterocycles. The molecule has 1 atom stereocenters. The quantitative estimate of drug-likeness (QED) is 0.909. The zero-order chi connectivity index (χ0) is 13.4. The van der Waals surface area contributed by atoms with Gasteiger partial charge >= 0.3 is 0 Å². The van der Waals surface area contributed by atoms with Gasteiger partial charge in [0.15, 0.2) is 5.17 Å². The van der Waals surface area contributed by atoms with Gasteiger partial charge in [0, 0.05) is 31.2 Å². The van der Waals surface area contributed by atoms with Gasteiger partial charge in [0.2, 0.25) is 5.91 Å². The number of benzene rings is 1. The molecular weight excluding hydrogens is 258 g/mol. The van der Waals surface area contributed by atoms with Crippen LogP contribution >= 0.6 is 11.8 Å². The zero-order valence-corrected chi connectivity index (χ0v) is 11.7. The molecule has 0 saturated carbocycles. The second-order valence-electron chi connectivity index (χ2n) is 4.61. The van der Waals surface area contributed by atoms with Crippen LogP contribution in [0.1, 0.15) is 5.56 Å². The zero-order valence-electron chi connectivity index (χ0n) is 10.9. The number of amides is 1. The lowest BCUT2D eigenvalue weighted by atomic mass is 10.1. The predicted molar refractivity (Wildman–Crippen MR) is 79.5 cm³/mol. The van der Waals surface area contributed by atoms with Crippen LogP contribution in [0.15, 0.2) is 35.5 Å². The highest BCUT2D eigenvalue weighted by Crippen LogP contribution is 2.27. The number of hydrogen-bond acceptors (Lipinski definition) is 3. The first kappa shape index (κ1) is 12.3. The molecule has 1 unspecified atom stereocenters. The molecule has 0 radical (unpaired) electrons. The largest absolute Gasteiger partial charge is 0.350 e. The first-order valence-corrected chi connectivity index (χ1v) is 7.04. The van der Waals surface area contributed by atoms with Crippen LogP contribution in [-0.4, -0.2) is 27.9 Å². The van der Waals surface area contributed by atoms with E-state index in [0.717, 1.165) is 11.6 Å². The standard InChI is InChI=1S/C14H15N3OS/c1-15-14-16-13(18)12(19-14)7-9-8-17(2)11-6-4-3-5-10(9)11/h3-6,8,12H,7H2,1-2H3,(H,15,16,18). The average Bonchev–Trinajstić information content (AvgIpc) is 2.93. The molecule has 4 nitrogen and oxygen atoms in total. The summed E-state index contributed by atoms with van der Waals surface area (Å²) in [7, 11) is 3.73. The lowest BCUT2D eigenvalue weighted by Crippen LogP contribution is -2.25. The van der Waals surface area contributed by atoms with Crippen LogP contribution in [-0.2, 0) is 18.3 Å². The van der Waals surface area contributed by atoms with E-state index in [9.17, 15) is 4.79 Å². The number of carbonyl (C=O) groups is 1. The monoisotopic (exact) mass is 273 g/mol. The van der Waals surface area contributed by atoms with Gasteiger partial charge in [0.1, 0.15) is 0 Å². The molecule has 1 amide bonds. The number of nitrogens with zero attached hydrogens (tertiary/aromatic N) is 2. The lowest BCUT2D eigenvalue weighted by Gasteiger charge is -2.03. The van der Waals surface area contributed by atoms with Gasteiger partial charge in [-0.25, -0.2) is 0 Å². The molecule has 3 rings (SSSR count). The van der Waals surface area contributed by atoms with Gasteiger partial charge in [-0.1, -0.05) is 30.0 Å². The molecule has 5 heteroatoms. The summed E-state index contributed by atoms with van der Waals surface area (Å²) in [4.78, 5) is 15.9. The van der Waals surface area contributed by atoms with E-state index in [1.165, 1.54) is 28.2 Å². The number of thioether (sulfide) groups is 1. The lowest BCUT2D eigenvalue weighted by molar-refractivity contribution is -0.118. The fourth-order valence-corrected chi connectivity index (χ4v) is 3.40. The van der Waals surface area contributed by atoms with E-state index in [2.05, 4.69) is 33.2 Å². The molecular formula is C14H15N3OS. The Hall–Kier alpha value is -1.75. The molecule has 1 aromatic carbocycles. The highest BCUT2D eigenvalue weighted by molar-refractivity contribution is 8.15. The molecule has 2 aromatic rings. The third-order valence-electron chi connectivity index (χ3n) is 3.36. The summed E-state index contributed by atoms with van der Waals surface area (Å²) in [6.07, 6.45) is 2.84. The number of amidine groups is 1. The van der Waals surface area contributed by atoms with Crippen LogP contribution in [0.25, 0.3) is 10.9 Å². The molecule has 0 bridgehead atoms. The van der Waals surface area contributed by atoms with Gasteiger partial charge in [-0.2, -0.15) is 0 Å². The fourth-order valence-electron chi connectivity index (χ4n) is 2.43. The van der Waals surface area contributed by atoms with Crippen molar-refractivity contribution in [1.82, 2.24) is 9.88 Å². The average molecular weight is 273 g/mol. The molecule has 19 heavy (non-hydrogen) atoms. The summed E-state index contributed by atoms with van der Waals surface area (Å²) in [6, 6.07) is 8.27. The summed E-state index contributed by atoms with van der Waals surface area (Å²) in [6.45, 7) is 0. The highest BCUT2D eigenvalue weighted by atomic mass is 32.2. The van der Waals surface area contributed by atoms with E-state index in [-0.39, 0.29) is 11.2 Å². The van der Waals surface area contributed by atoms with Crippen molar-refractivity contribution in [1.29, 1.82) is 0 Å². The third-order valence-corrected chi connectivity index (χ3v) is 4.54. The maximum Gasteiger partial charge on any atom is 0.239 e. The summed E-state index contributed by atoms with van der Waals surface area (Å²) in [5.41, 5.74) is 2.41. The van der Waals surface area contributed by atoms with E-state index in [0.29, 0.717) is 0 Å². The number of rotatable bonds is 2. The normalized spacial score (nSPS) is 21.3. The fraction of sp³-hybridized carbons (Fsp3) is 0.286. The topological polar surface area (TPSA) is 46.4 Å². The Morgan fingerprint density at radius 2 is 2.21 bits per heavy atom. The van der Waals surface area contributed by atoms with Crippen LogP contribution in [0.5, 0.6) is 0 Å². The number of aromatic nitrogens is 1. The number of aryl methyl sites for hydroxylation is 1. The van der Waals surface area contributed by atoms with Crippen LogP contribution in [0, 0.1) is 0 Å². The van der Waals surface area contributed by atoms with Crippen molar-refractivity contribution >= 4 is 33.7 Å². The van der Waals surface area contributed by atoms with E-state index in [4.69, 9.17) is 0 Å². The second-order valence-corrected chi connectivity index (χ2v) is 5.80. The minimum atomic E-state index is -0.0792. The highest BCUT2D eigenvalue weighted by Gasteiger charge is 2.30. The van der Waals surface area contributed by atoms with Crippen molar-refractivity contribution in [2.75, 3.05) is 7.05 Å². The Morgan fingerprint density at radius 3 is 2.95 bits per heavy atom. The third kappa shape index (κ3) is 2.14. The van der Waals surface area contributed by atoms with Gasteiger partial charge in [-0.15, -0.1) is 0 Å². The van der Waals surface area contributed by atoms with E-state index in [1.54, 1.807) is 7.05 Å². The molecule has 0 spiro atoms. The molecule has 1 fully saturated rings. The van der Waals surface area contributed by atoms with Crippen molar-refractivity contribution in [2.45, 2.75) is 11.7 Å². The molecule has 1 aromatic heterocycles. The van der Waals surface area contributed by atoms with Gasteiger partial charge in [-0.05, 0) is 18.1 Å². The van der Waals surface area contributed by atoms with Crippen molar-refractivity contribution < 1.29 is 4.79 Å². The van der Waals surface area contributed by atoms with Crippen LogP contribution in [0.4, 0.5) is 0 Å². The van der Waals surface area contributed by atoms with Gasteiger partial charge < -0.3 is 9.88 Å². The molecule has 2 heterocycles. The molecule has 1 aliphatic rings. The molecule has 98 valence electrons. The summed E-state index contributed by atoms with van der Waals surface area (Å²) >= 11 is 1.51. The van der Waals surface area contributed by atoms with Gasteiger partial charge in [0.05, 0.1) is 5.25 Å². The number of hydrogen-bond donors (Lipinski definition) is 1. The first-order valence-electron chi connectivity index (χ1n) is 6.16. The Bertz CT molecular complexity index is 674. The van der Waals surface area contributed by atoms with Crippen molar-refractivity contribution in [3.05, 3.63) is 36.0 Å². The number of carbonyl (C=O) groups excluding carboxylic acids is 1. The van der Waals surface area contributed by atoms with Gasteiger partial charge in [0.25, 0.3) is 0 Å². The summed E-state index contributed by atoms with van der Waals surface area (Å²) < 4.78 is 2.11. The minimum Gasteiger partial charge on any atom is -0.350 e. The van der Waals surface area contributed by atoms with Crippen molar-refractivity contribution in [3.63, 3.8) is 0 Å². The molecule has 1 N–H and O–H groups in total. The minimum absolute atomic E-state index is 0.0542. The maximum absolute atomic E-state index is 11.9. The maximum atomic E-state index is 11.9. The van der Waals surface area contributed by atoms with Gasteiger partial charge in [-0.3, -0.25) is 9.79 Å². The van der Waals surface area contributed by atoms with Crippen molar-refractivity contribution in [3.8, 4) is 0 Å². The smallest absolute Gasteiger partial charge is 0.239 e. The van der Waals surface area contributed by atoms with E-state index < -0.39 is 0 Å². The Balaban J connectivity index is 1.92. The Morgan fingerprint density at radius 1 is 1.42 bits per heavy atom. The van der Waals surface area contributed by atoms with Crippen LogP contribution in [0.3, 0.4) is 0 Å². The number of para-hydroxylation sites is 1. The number of aliphatic imine (C=N–C) groups is 1. The SMILES string of the molecule is CN=C1NC(=O)C(Cc2cn(C)c3ccccc23)S1. The van der Waals surface area contributed by atoms with E-state index in [1.807, 2.05) is 19.2 Å². The predicted octanol–water partition coefficient (Wildman–Crippen LogP) is 1.94. The van der Waals surface area contributed by atoms with Crippen LogP contribution < -0.4 is 5.32 Å². The Kier molecular flexibility index (Phi) is 3.06. The Labute approximate surface area is 115 Å². The van der Waals surface area contributed by atoms with Crippen molar-refractivity contribution in [2.24, 2.45) is 12.0 Å². The summed E-state index contributed by atoms with van der Waals surface area (Å²) in [5.74, 6) is 0.0542. The number of nitrogens with one attached hydrogen (secondary N) is 1. The molecule has 0 aliphatic carbocycles. The van der Waals surface area contributed by atoms with E-state index >= 15 is 0 Å². The molecule has 1 aliphatic heterocycles. The first-order chi connectivity index (χ1) is 9.19. The second kappa shape index (κ2) is 4.74.